The lowest BCUT2D eigenvalue weighted by atomic mass is 10.2. The molecule has 0 N–H and O–H groups in total. The maximum Gasteiger partial charge on any atom is 0.261 e. The minimum atomic E-state index is -2.49. The van der Waals surface area contributed by atoms with Crippen LogP contribution in [0.2, 0.25) is 0 Å². The van der Waals surface area contributed by atoms with Gasteiger partial charge in [-0.15, -0.1) is 0 Å². The number of amides is 1. The molecule has 0 aromatic heterocycles. The summed E-state index contributed by atoms with van der Waals surface area (Å²) in [5.41, 5.74) is 0. The summed E-state index contributed by atoms with van der Waals surface area (Å²) in [4.78, 5) is 15.6. The average Bonchev–Trinajstić information content (AvgIpc) is 2.45. The van der Waals surface area contributed by atoms with Crippen molar-refractivity contribution >= 4 is 5.91 Å². The van der Waals surface area contributed by atoms with Crippen molar-refractivity contribution in [1.82, 2.24) is 9.80 Å². The van der Waals surface area contributed by atoms with E-state index in [4.69, 9.17) is 10.00 Å². The molecule has 1 rings (SSSR count). The molecule has 1 aliphatic heterocycles. The number of hydrogen-bond acceptors (Lipinski definition) is 4. The van der Waals surface area contributed by atoms with Gasteiger partial charge in [0.2, 0.25) is 5.91 Å². The number of carbonyl (C=O) groups excluding carboxylic acids is 1. The van der Waals surface area contributed by atoms with E-state index < -0.39 is 13.0 Å². The van der Waals surface area contributed by atoms with Crippen molar-refractivity contribution in [2.45, 2.75) is 32.2 Å². The van der Waals surface area contributed by atoms with Crippen LogP contribution < -0.4 is 0 Å². The molecular weight excluding hydrogens is 268 g/mol. The lowest BCUT2D eigenvalue weighted by Gasteiger charge is -2.36. The Labute approximate surface area is 118 Å². The Balaban J connectivity index is 2.24. The maximum atomic E-state index is 11.8. The molecule has 7 heteroatoms. The molecule has 1 heterocycles. The van der Waals surface area contributed by atoms with Gasteiger partial charge in [0.05, 0.1) is 25.1 Å². The molecule has 1 atom stereocenters. The SMILES string of the molecule is CCC(C#N)N1CCN(C(=O)CCOCC(F)F)CC1. The Bertz CT molecular complexity index is 339. The summed E-state index contributed by atoms with van der Waals surface area (Å²) in [6.45, 7) is 3.87. The van der Waals surface area contributed by atoms with Gasteiger partial charge in [0.15, 0.2) is 0 Å². The van der Waals surface area contributed by atoms with E-state index >= 15 is 0 Å². The van der Waals surface area contributed by atoms with Crippen LogP contribution in [0, 0.1) is 11.3 Å². The van der Waals surface area contributed by atoms with Crippen molar-refractivity contribution in [2.75, 3.05) is 39.4 Å². The van der Waals surface area contributed by atoms with Crippen LogP contribution in [0.3, 0.4) is 0 Å². The summed E-state index contributed by atoms with van der Waals surface area (Å²) in [6.07, 6.45) is -1.60. The van der Waals surface area contributed by atoms with E-state index in [0.29, 0.717) is 26.2 Å². The third-order valence-electron chi connectivity index (χ3n) is 3.35. The number of carbonyl (C=O) groups is 1. The van der Waals surface area contributed by atoms with E-state index in [1.54, 1.807) is 4.90 Å². The smallest absolute Gasteiger partial charge is 0.261 e. The van der Waals surface area contributed by atoms with Crippen molar-refractivity contribution in [1.29, 1.82) is 5.26 Å². The van der Waals surface area contributed by atoms with Gasteiger partial charge in [-0.3, -0.25) is 9.69 Å². The molecule has 0 radical (unpaired) electrons. The lowest BCUT2D eigenvalue weighted by Crippen LogP contribution is -2.51. The van der Waals surface area contributed by atoms with Crippen LogP contribution in [0.5, 0.6) is 0 Å². The second-order valence-electron chi connectivity index (χ2n) is 4.69. The van der Waals surface area contributed by atoms with Crippen LogP contribution >= 0.6 is 0 Å². The largest absolute Gasteiger partial charge is 0.375 e. The fourth-order valence-corrected chi connectivity index (χ4v) is 2.20. The predicted octanol–water partition coefficient (Wildman–Crippen LogP) is 1.10. The van der Waals surface area contributed by atoms with E-state index in [0.717, 1.165) is 6.42 Å². The van der Waals surface area contributed by atoms with Gasteiger partial charge in [-0.2, -0.15) is 5.26 Å². The standard InChI is InChI=1S/C13H21F2N3O2/c1-2-11(9-16)17-4-6-18(7-5-17)13(19)3-8-20-10-12(14)15/h11-12H,2-8,10H2,1H3. The fraction of sp³-hybridized carbons (Fsp3) is 0.846. The van der Waals surface area contributed by atoms with Crippen LogP contribution in [-0.2, 0) is 9.53 Å². The lowest BCUT2D eigenvalue weighted by molar-refractivity contribution is -0.134. The van der Waals surface area contributed by atoms with Gasteiger partial charge in [0.1, 0.15) is 6.61 Å². The summed E-state index contributed by atoms with van der Waals surface area (Å²) >= 11 is 0. The topological polar surface area (TPSA) is 56.6 Å². The zero-order chi connectivity index (χ0) is 15.0. The molecule has 0 aliphatic carbocycles. The van der Waals surface area contributed by atoms with Crippen molar-refractivity contribution in [3.63, 3.8) is 0 Å². The third-order valence-corrected chi connectivity index (χ3v) is 3.35. The molecule has 1 fully saturated rings. The molecule has 1 amide bonds. The van der Waals surface area contributed by atoms with E-state index in [-0.39, 0.29) is 25.0 Å². The summed E-state index contributed by atoms with van der Waals surface area (Å²) in [5, 5.41) is 8.99. The molecule has 0 spiro atoms. The highest BCUT2D eigenvalue weighted by Crippen LogP contribution is 2.09. The molecule has 114 valence electrons. The predicted molar refractivity (Wildman–Crippen MR) is 69.3 cm³/mol. The van der Waals surface area contributed by atoms with Gasteiger partial charge < -0.3 is 9.64 Å². The number of rotatable bonds is 7. The van der Waals surface area contributed by atoms with Crippen LogP contribution in [-0.4, -0.2) is 67.6 Å². The number of alkyl halides is 2. The van der Waals surface area contributed by atoms with Crippen LogP contribution in [0.25, 0.3) is 0 Å². The highest BCUT2D eigenvalue weighted by molar-refractivity contribution is 5.76. The van der Waals surface area contributed by atoms with Crippen LogP contribution in [0.4, 0.5) is 8.78 Å². The zero-order valence-corrected chi connectivity index (χ0v) is 11.7. The first-order valence-electron chi connectivity index (χ1n) is 6.85. The van der Waals surface area contributed by atoms with E-state index in [2.05, 4.69) is 11.0 Å². The quantitative estimate of drug-likeness (QED) is 0.659. The fourth-order valence-electron chi connectivity index (χ4n) is 2.20. The van der Waals surface area contributed by atoms with Crippen molar-refractivity contribution in [2.24, 2.45) is 0 Å². The summed E-state index contributed by atoms with van der Waals surface area (Å²) < 4.78 is 28.4. The molecule has 0 aromatic rings. The summed E-state index contributed by atoms with van der Waals surface area (Å²) in [5.74, 6) is -0.0797. The maximum absolute atomic E-state index is 11.8. The minimum absolute atomic E-state index is 0.0270. The molecule has 0 aromatic carbocycles. The van der Waals surface area contributed by atoms with Crippen molar-refractivity contribution in [3.05, 3.63) is 0 Å². The molecule has 1 unspecified atom stereocenters. The number of halogens is 2. The monoisotopic (exact) mass is 289 g/mol. The highest BCUT2D eigenvalue weighted by atomic mass is 19.3. The van der Waals surface area contributed by atoms with Crippen molar-refractivity contribution in [3.8, 4) is 6.07 Å². The second kappa shape index (κ2) is 8.82. The molecule has 5 nitrogen and oxygen atoms in total. The second-order valence-corrected chi connectivity index (χ2v) is 4.69. The van der Waals surface area contributed by atoms with Crippen molar-refractivity contribution < 1.29 is 18.3 Å². The number of nitriles is 1. The normalized spacial score (nSPS) is 18.1. The third kappa shape index (κ3) is 5.39. The van der Waals surface area contributed by atoms with Gasteiger partial charge >= 0.3 is 0 Å². The number of hydrogen-bond donors (Lipinski definition) is 0. The molecule has 1 aliphatic rings. The Morgan fingerprint density at radius 1 is 1.35 bits per heavy atom. The molecule has 0 saturated carbocycles. The van der Waals surface area contributed by atoms with E-state index in [1.165, 1.54) is 0 Å². The first kappa shape index (κ1) is 16.8. The van der Waals surface area contributed by atoms with Gasteiger partial charge in [0.25, 0.3) is 6.43 Å². The first-order chi connectivity index (χ1) is 9.58. The van der Waals surface area contributed by atoms with E-state index in [9.17, 15) is 13.6 Å². The van der Waals surface area contributed by atoms with Gasteiger partial charge in [-0.05, 0) is 6.42 Å². The number of ether oxygens (including phenoxy) is 1. The molecule has 0 bridgehead atoms. The van der Waals surface area contributed by atoms with E-state index in [1.807, 2.05) is 6.92 Å². The van der Waals surface area contributed by atoms with Crippen LogP contribution in [0.15, 0.2) is 0 Å². The van der Waals surface area contributed by atoms with Gasteiger partial charge in [-0.1, -0.05) is 6.92 Å². The Hall–Kier alpha value is -1.26. The Kier molecular flexibility index (Phi) is 7.41. The summed E-state index contributed by atoms with van der Waals surface area (Å²) in [6, 6.07) is 2.15. The zero-order valence-electron chi connectivity index (χ0n) is 11.7. The summed E-state index contributed by atoms with van der Waals surface area (Å²) in [7, 11) is 0. The van der Waals surface area contributed by atoms with Crippen LogP contribution in [0.1, 0.15) is 19.8 Å². The number of nitrogens with zero attached hydrogens (tertiary/aromatic N) is 3. The number of piperazine rings is 1. The Morgan fingerprint density at radius 2 is 2.00 bits per heavy atom. The highest BCUT2D eigenvalue weighted by Gasteiger charge is 2.24. The Morgan fingerprint density at radius 3 is 2.50 bits per heavy atom. The minimum Gasteiger partial charge on any atom is -0.375 e. The molecule has 1 saturated heterocycles. The molecular formula is C13H21F2N3O2. The van der Waals surface area contributed by atoms with Gasteiger partial charge in [-0.25, -0.2) is 8.78 Å². The van der Waals surface area contributed by atoms with Gasteiger partial charge in [0, 0.05) is 26.2 Å². The average molecular weight is 289 g/mol. The first-order valence-corrected chi connectivity index (χ1v) is 6.85. The molecule has 20 heavy (non-hydrogen) atoms.